The molecule has 0 spiro atoms. The summed E-state index contributed by atoms with van der Waals surface area (Å²) in [5.41, 5.74) is 1.20. The van der Waals surface area contributed by atoms with E-state index in [2.05, 4.69) is 6.07 Å². The molecule has 0 saturated heterocycles. The zero-order valence-corrected chi connectivity index (χ0v) is 13.5. The molecular formula is C17H17F2NO2S. The van der Waals surface area contributed by atoms with Crippen LogP contribution in [0.15, 0.2) is 29.6 Å². The van der Waals surface area contributed by atoms with Crippen LogP contribution in [0.5, 0.6) is 5.75 Å². The molecule has 122 valence electrons. The molecule has 0 aliphatic carbocycles. The second-order valence-corrected chi connectivity index (χ2v) is 6.42. The maximum absolute atomic E-state index is 13.6. The molecular weight excluding hydrogens is 320 g/mol. The van der Waals surface area contributed by atoms with Crippen molar-refractivity contribution in [3.63, 3.8) is 0 Å². The molecule has 1 aromatic carbocycles. The SMILES string of the molecule is CCC1c2ccsc2CCN1C(=O)COc1ccc(F)cc1F. The first-order chi connectivity index (χ1) is 11.1. The number of hydrogen-bond acceptors (Lipinski definition) is 3. The molecule has 0 saturated carbocycles. The summed E-state index contributed by atoms with van der Waals surface area (Å²) in [6, 6.07) is 5.15. The summed E-state index contributed by atoms with van der Waals surface area (Å²) in [5, 5.41) is 2.05. The van der Waals surface area contributed by atoms with Crippen molar-refractivity contribution in [3.8, 4) is 5.75 Å². The first-order valence-corrected chi connectivity index (χ1v) is 8.41. The Bertz CT molecular complexity index is 716. The van der Waals surface area contributed by atoms with Crippen LogP contribution in [0.4, 0.5) is 8.78 Å². The summed E-state index contributed by atoms with van der Waals surface area (Å²) in [5.74, 6) is -1.77. The highest BCUT2D eigenvalue weighted by Crippen LogP contribution is 2.35. The Labute approximate surface area is 137 Å². The summed E-state index contributed by atoms with van der Waals surface area (Å²) in [4.78, 5) is 15.6. The van der Waals surface area contributed by atoms with Gasteiger partial charge in [-0.2, -0.15) is 0 Å². The Balaban J connectivity index is 1.68. The van der Waals surface area contributed by atoms with Gasteiger partial charge in [-0.05, 0) is 42.0 Å². The van der Waals surface area contributed by atoms with Crippen LogP contribution in [-0.2, 0) is 11.2 Å². The van der Waals surface area contributed by atoms with E-state index in [4.69, 9.17) is 4.74 Å². The molecule has 1 unspecified atom stereocenters. The van der Waals surface area contributed by atoms with Crippen molar-refractivity contribution in [1.29, 1.82) is 0 Å². The van der Waals surface area contributed by atoms with E-state index in [1.165, 1.54) is 16.5 Å². The number of nitrogens with zero attached hydrogens (tertiary/aromatic N) is 1. The van der Waals surface area contributed by atoms with Gasteiger partial charge in [0.05, 0.1) is 6.04 Å². The van der Waals surface area contributed by atoms with Gasteiger partial charge < -0.3 is 9.64 Å². The van der Waals surface area contributed by atoms with Gasteiger partial charge >= 0.3 is 0 Å². The van der Waals surface area contributed by atoms with Crippen LogP contribution in [0, 0.1) is 11.6 Å². The van der Waals surface area contributed by atoms with E-state index in [0.29, 0.717) is 6.54 Å². The molecule has 1 aliphatic rings. The monoisotopic (exact) mass is 337 g/mol. The Hall–Kier alpha value is -1.95. The lowest BCUT2D eigenvalue weighted by molar-refractivity contribution is -0.136. The lowest BCUT2D eigenvalue weighted by atomic mass is 9.98. The van der Waals surface area contributed by atoms with Crippen LogP contribution < -0.4 is 4.74 Å². The molecule has 0 N–H and O–H groups in total. The normalized spacial score (nSPS) is 17.0. The fourth-order valence-corrected chi connectivity index (χ4v) is 3.88. The summed E-state index contributed by atoms with van der Waals surface area (Å²) in [6.45, 7) is 2.43. The van der Waals surface area contributed by atoms with Crippen LogP contribution in [0.3, 0.4) is 0 Å². The average Bonchev–Trinajstić information content (AvgIpc) is 3.01. The molecule has 3 nitrogen and oxygen atoms in total. The number of rotatable bonds is 4. The van der Waals surface area contributed by atoms with Crippen molar-refractivity contribution in [2.24, 2.45) is 0 Å². The Morgan fingerprint density at radius 2 is 2.22 bits per heavy atom. The minimum Gasteiger partial charge on any atom is -0.481 e. The molecule has 0 fully saturated rings. The van der Waals surface area contributed by atoms with E-state index >= 15 is 0 Å². The van der Waals surface area contributed by atoms with E-state index < -0.39 is 11.6 Å². The molecule has 3 rings (SSSR count). The van der Waals surface area contributed by atoms with Crippen molar-refractivity contribution in [1.82, 2.24) is 4.90 Å². The van der Waals surface area contributed by atoms with Crippen LogP contribution in [-0.4, -0.2) is 24.0 Å². The van der Waals surface area contributed by atoms with Crippen LogP contribution >= 0.6 is 11.3 Å². The molecule has 1 atom stereocenters. The Morgan fingerprint density at radius 3 is 2.96 bits per heavy atom. The van der Waals surface area contributed by atoms with Gasteiger partial charge in [0.1, 0.15) is 5.82 Å². The van der Waals surface area contributed by atoms with E-state index in [1.807, 2.05) is 12.3 Å². The maximum Gasteiger partial charge on any atom is 0.261 e. The zero-order chi connectivity index (χ0) is 16.4. The zero-order valence-electron chi connectivity index (χ0n) is 12.7. The van der Waals surface area contributed by atoms with E-state index in [9.17, 15) is 13.6 Å². The number of ether oxygens (including phenoxy) is 1. The summed E-state index contributed by atoms with van der Waals surface area (Å²) >= 11 is 1.72. The minimum absolute atomic E-state index is 0.0409. The fourth-order valence-electron chi connectivity index (χ4n) is 2.95. The first kappa shape index (κ1) is 15.9. The van der Waals surface area contributed by atoms with Gasteiger partial charge in [0.25, 0.3) is 5.91 Å². The number of halogens is 2. The average molecular weight is 337 g/mol. The molecule has 23 heavy (non-hydrogen) atoms. The topological polar surface area (TPSA) is 29.5 Å². The predicted octanol–water partition coefficient (Wildman–Crippen LogP) is 3.94. The van der Waals surface area contributed by atoms with Crippen LogP contribution in [0.2, 0.25) is 0 Å². The number of carbonyl (C=O) groups excluding carboxylic acids is 1. The summed E-state index contributed by atoms with van der Waals surface area (Å²) in [7, 11) is 0. The van der Waals surface area contributed by atoms with Crippen molar-refractivity contribution in [2.75, 3.05) is 13.2 Å². The number of benzene rings is 1. The lowest BCUT2D eigenvalue weighted by Gasteiger charge is -2.35. The van der Waals surface area contributed by atoms with Crippen molar-refractivity contribution in [3.05, 3.63) is 51.7 Å². The molecule has 2 aromatic rings. The minimum atomic E-state index is -0.802. The Morgan fingerprint density at radius 1 is 1.39 bits per heavy atom. The fraction of sp³-hybridized carbons (Fsp3) is 0.353. The van der Waals surface area contributed by atoms with Crippen molar-refractivity contribution < 1.29 is 18.3 Å². The lowest BCUT2D eigenvalue weighted by Crippen LogP contribution is -2.41. The van der Waals surface area contributed by atoms with E-state index in [0.717, 1.165) is 25.0 Å². The molecule has 1 aromatic heterocycles. The van der Waals surface area contributed by atoms with Gasteiger partial charge in [-0.15, -0.1) is 11.3 Å². The smallest absolute Gasteiger partial charge is 0.261 e. The number of fused-ring (bicyclic) bond motifs is 1. The van der Waals surface area contributed by atoms with Crippen molar-refractivity contribution in [2.45, 2.75) is 25.8 Å². The maximum atomic E-state index is 13.6. The first-order valence-electron chi connectivity index (χ1n) is 7.53. The van der Waals surface area contributed by atoms with Gasteiger partial charge in [0, 0.05) is 17.5 Å². The number of thiophene rings is 1. The third-order valence-corrected chi connectivity index (χ3v) is 5.04. The van der Waals surface area contributed by atoms with Gasteiger partial charge in [0.2, 0.25) is 0 Å². The quantitative estimate of drug-likeness (QED) is 0.846. The second kappa shape index (κ2) is 6.66. The number of hydrogen-bond donors (Lipinski definition) is 0. The van der Waals surface area contributed by atoms with E-state index in [-0.39, 0.29) is 24.3 Å². The molecule has 1 amide bonds. The van der Waals surface area contributed by atoms with Crippen LogP contribution in [0.1, 0.15) is 29.8 Å². The Kier molecular flexibility index (Phi) is 4.61. The van der Waals surface area contributed by atoms with Gasteiger partial charge in [-0.1, -0.05) is 6.92 Å². The van der Waals surface area contributed by atoms with Crippen LogP contribution in [0.25, 0.3) is 0 Å². The van der Waals surface area contributed by atoms with Gasteiger partial charge in [-0.25, -0.2) is 8.78 Å². The highest BCUT2D eigenvalue weighted by molar-refractivity contribution is 7.10. The molecule has 0 radical (unpaired) electrons. The van der Waals surface area contributed by atoms with Gasteiger partial charge in [-0.3, -0.25) is 4.79 Å². The third kappa shape index (κ3) is 3.22. The van der Waals surface area contributed by atoms with Gasteiger partial charge in [0.15, 0.2) is 18.2 Å². The molecule has 1 aliphatic heterocycles. The van der Waals surface area contributed by atoms with Crippen molar-refractivity contribution >= 4 is 17.2 Å². The highest BCUT2D eigenvalue weighted by Gasteiger charge is 2.30. The molecule has 0 bridgehead atoms. The number of amides is 1. The third-order valence-electron chi connectivity index (χ3n) is 4.05. The predicted molar refractivity (Wildman–Crippen MR) is 84.6 cm³/mol. The summed E-state index contributed by atoms with van der Waals surface area (Å²) in [6.07, 6.45) is 1.65. The second-order valence-electron chi connectivity index (χ2n) is 5.42. The molecule has 6 heteroatoms. The van der Waals surface area contributed by atoms with E-state index in [1.54, 1.807) is 16.2 Å². The molecule has 2 heterocycles. The highest BCUT2D eigenvalue weighted by atomic mass is 32.1. The standard InChI is InChI=1S/C17H17F2NO2S/c1-2-14-12-6-8-23-16(12)5-7-20(14)17(21)10-22-15-4-3-11(18)9-13(15)19/h3-4,6,8-9,14H,2,5,7,10H2,1H3. The summed E-state index contributed by atoms with van der Waals surface area (Å²) < 4.78 is 31.7. The largest absolute Gasteiger partial charge is 0.481 e. The number of carbonyl (C=O) groups is 1.